The van der Waals surface area contributed by atoms with Crippen molar-refractivity contribution in [3.8, 4) is 22.8 Å². The largest absolute Gasteiger partial charge is 0.496 e. The Morgan fingerprint density at radius 2 is 1.88 bits per heavy atom. The Balaban J connectivity index is 0.00000274. The molecule has 1 atom stereocenters. The number of rotatable bonds is 7. The van der Waals surface area contributed by atoms with E-state index in [4.69, 9.17) is 26.1 Å². The van der Waals surface area contributed by atoms with Gasteiger partial charge in [0.05, 0.1) is 24.9 Å². The number of hydrogen-bond donors (Lipinski definition) is 1. The number of nitrogens with zero attached hydrogens (tertiary/aromatic N) is 4. The topological polar surface area (TPSA) is 63.9 Å². The fraction of sp³-hybridized carbons (Fsp3) is 0.280. The fourth-order valence-corrected chi connectivity index (χ4v) is 4.52. The summed E-state index contributed by atoms with van der Waals surface area (Å²) >= 11 is 6.37. The van der Waals surface area contributed by atoms with Crippen LogP contribution >= 0.6 is 24.0 Å². The summed E-state index contributed by atoms with van der Waals surface area (Å²) in [6.45, 7) is 2.84. The number of anilines is 1. The second-order valence-corrected chi connectivity index (χ2v) is 8.54. The van der Waals surface area contributed by atoms with Gasteiger partial charge in [0.15, 0.2) is 0 Å². The van der Waals surface area contributed by atoms with Gasteiger partial charge in [-0.3, -0.25) is 4.98 Å². The first kappa shape index (κ1) is 24.1. The van der Waals surface area contributed by atoms with E-state index in [1.807, 2.05) is 29.1 Å². The molecule has 1 saturated heterocycles. The molecule has 3 aromatic heterocycles. The van der Waals surface area contributed by atoms with Gasteiger partial charge in [0.2, 0.25) is 0 Å². The van der Waals surface area contributed by atoms with Crippen LogP contribution < -0.4 is 19.7 Å². The molecule has 9 heteroatoms. The number of methoxy groups -OCH3 is 2. The first-order valence-corrected chi connectivity index (χ1v) is 11.3. The monoisotopic (exact) mass is 499 g/mol. The molecular formula is C25H27Cl2N5O2. The molecule has 0 unspecified atom stereocenters. The van der Waals surface area contributed by atoms with Crippen molar-refractivity contribution in [1.29, 1.82) is 0 Å². The molecule has 1 fully saturated rings. The lowest BCUT2D eigenvalue weighted by atomic mass is 10.1. The van der Waals surface area contributed by atoms with Crippen molar-refractivity contribution in [2.24, 2.45) is 0 Å². The summed E-state index contributed by atoms with van der Waals surface area (Å²) in [5.74, 6) is 1.24. The first-order valence-electron chi connectivity index (χ1n) is 10.9. The van der Waals surface area contributed by atoms with Crippen LogP contribution in [0.15, 0.2) is 61.2 Å². The van der Waals surface area contributed by atoms with Crippen molar-refractivity contribution >= 4 is 35.3 Å². The van der Waals surface area contributed by atoms with Crippen molar-refractivity contribution in [2.45, 2.75) is 19.0 Å². The summed E-state index contributed by atoms with van der Waals surface area (Å²) in [6.07, 6.45) is 8.82. The van der Waals surface area contributed by atoms with E-state index in [0.29, 0.717) is 22.6 Å². The fourth-order valence-electron chi connectivity index (χ4n) is 4.28. The molecular weight excluding hydrogens is 473 g/mol. The Morgan fingerprint density at radius 1 is 1.09 bits per heavy atom. The molecule has 0 saturated carbocycles. The Kier molecular flexibility index (Phi) is 7.46. The average molecular weight is 500 g/mol. The molecule has 178 valence electrons. The number of aromatic nitrogens is 3. The lowest BCUT2D eigenvalue weighted by molar-refractivity contribution is 0.395. The summed E-state index contributed by atoms with van der Waals surface area (Å²) in [5.41, 5.74) is 4.93. The third kappa shape index (κ3) is 4.92. The predicted octanol–water partition coefficient (Wildman–Crippen LogP) is 4.86. The van der Waals surface area contributed by atoms with Gasteiger partial charge in [-0.15, -0.1) is 12.4 Å². The molecule has 1 aliphatic rings. The van der Waals surface area contributed by atoms with Crippen LogP contribution in [0.3, 0.4) is 0 Å². The molecule has 7 nitrogen and oxygen atoms in total. The normalized spacial score (nSPS) is 15.4. The highest BCUT2D eigenvalue weighted by Gasteiger charge is 2.23. The number of fused-ring (bicyclic) bond motifs is 1. The number of hydrogen-bond acceptors (Lipinski definition) is 6. The van der Waals surface area contributed by atoms with Crippen molar-refractivity contribution in [2.75, 3.05) is 32.2 Å². The van der Waals surface area contributed by atoms with Crippen LogP contribution in [0.1, 0.15) is 12.0 Å². The number of nitrogens with one attached hydrogen (secondary N) is 1. The summed E-state index contributed by atoms with van der Waals surface area (Å²) in [4.78, 5) is 11.3. The SMILES string of the molecule is COc1cc(OC)c(-c2cn3ccc(N4CC[C@H](NCc5ccncc5)C4)cc3n2)cc1Cl.Cl. The highest BCUT2D eigenvalue weighted by Crippen LogP contribution is 2.38. The van der Waals surface area contributed by atoms with Crippen molar-refractivity contribution in [1.82, 2.24) is 19.7 Å². The number of pyridine rings is 2. The maximum absolute atomic E-state index is 6.37. The van der Waals surface area contributed by atoms with E-state index in [2.05, 4.69) is 45.7 Å². The summed E-state index contributed by atoms with van der Waals surface area (Å²) in [5, 5.41) is 4.18. The van der Waals surface area contributed by atoms with E-state index >= 15 is 0 Å². The molecule has 34 heavy (non-hydrogen) atoms. The van der Waals surface area contributed by atoms with Crippen LogP contribution in [-0.4, -0.2) is 47.7 Å². The molecule has 1 aliphatic heterocycles. The van der Waals surface area contributed by atoms with Gasteiger partial charge in [0.1, 0.15) is 17.1 Å². The van der Waals surface area contributed by atoms with E-state index in [1.165, 1.54) is 11.3 Å². The van der Waals surface area contributed by atoms with E-state index in [-0.39, 0.29) is 12.4 Å². The lowest BCUT2D eigenvalue weighted by Gasteiger charge is -2.19. The summed E-state index contributed by atoms with van der Waals surface area (Å²) in [7, 11) is 3.22. The average Bonchev–Trinajstić information content (AvgIpc) is 3.50. The third-order valence-electron chi connectivity index (χ3n) is 6.09. The molecule has 4 aromatic rings. The Labute approximate surface area is 210 Å². The molecule has 0 spiro atoms. The van der Waals surface area contributed by atoms with E-state index < -0.39 is 0 Å². The number of imidazole rings is 1. The minimum Gasteiger partial charge on any atom is -0.496 e. The van der Waals surface area contributed by atoms with Gasteiger partial charge in [0.25, 0.3) is 0 Å². The van der Waals surface area contributed by atoms with Gasteiger partial charge in [-0.1, -0.05) is 11.6 Å². The van der Waals surface area contributed by atoms with Gasteiger partial charge in [-0.05, 0) is 36.2 Å². The highest BCUT2D eigenvalue weighted by atomic mass is 35.5. The minimum atomic E-state index is 0. The van der Waals surface area contributed by atoms with Crippen molar-refractivity contribution in [3.05, 3.63) is 71.8 Å². The predicted molar refractivity (Wildman–Crippen MR) is 138 cm³/mol. The molecule has 5 rings (SSSR count). The lowest BCUT2D eigenvalue weighted by Crippen LogP contribution is -2.32. The van der Waals surface area contributed by atoms with Gasteiger partial charge in [-0.25, -0.2) is 4.98 Å². The summed E-state index contributed by atoms with van der Waals surface area (Å²) in [6, 6.07) is 12.4. The minimum absolute atomic E-state index is 0. The first-order chi connectivity index (χ1) is 16.1. The number of halogens is 2. The van der Waals surface area contributed by atoms with Gasteiger partial charge in [0, 0.05) is 73.8 Å². The van der Waals surface area contributed by atoms with Crippen LogP contribution in [0.5, 0.6) is 11.5 Å². The zero-order valence-electron chi connectivity index (χ0n) is 19.1. The second-order valence-electron chi connectivity index (χ2n) is 8.13. The summed E-state index contributed by atoms with van der Waals surface area (Å²) < 4.78 is 12.9. The Hall–Kier alpha value is -3.00. The maximum Gasteiger partial charge on any atom is 0.141 e. The third-order valence-corrected chi connectivity index (χ3v) is 6.39. The van der Waals surface area contributed by atoms with E-state index in [0.717, 1.165) is 43.0 Å². The molecule has 0 bridgehead atoms. The Bertz CT molecular complexity index is 1270. The van der Waals surface area contributed by atoms with Crippen LogP contribution in [0.25, 0.3) is 16.9 Å². The van der Waals surface area contributed by atoms with Gasteiger partial charge >= 0.3 is 0 Å². The van der Waals surface area contributed by atoms with Crippen LogP contribution in [0, 0.1) is 0 Å². The standard InChI is InChI=1S/C25H26ClN5O2.ClH/c1-32-23-13-24(33-2)21(26)12-20(23)22-16-31-10-6-19(11-25(31)29-22)30-9-5-18(15-30)28-14-17-3-7-27-8-4-17;/h3-4,6-8,10-13,16,18,28H,5,9,14-15H2,1-2H3;1H/t18-;/m0./s1. The molecule has 0 amide bonds. The quantitative estimate of drug-likeness (QED) is 0.391. The molecule has 0 aliphatic carbocycles. The van der Waals surface area contributed by atoms with Crippen LogP contribution in [0.2, 0.25) is 5.02 Å². The number of benzene rings is 1. The van der Waals surface area contributed by atoms with Gasteiger partial charge in [-0.2, -0.15) is 0 Å². The zero-order chi connectivity index (χ0) is 22.8. The number of ether oxygens (including phenoxy) is 2. The van der Waals surface area contributed by atoms with E-state index in [1.54, 1.807) is 20.3 Å². The molecule has 0 radical (unpaired) electrons. The Morgan fingerprint density at radius 3 is 2.65 bits per heavy atom. The van der Waals surface area contributed by atoms with Crippen molar-refractivity contribution < 1.29 is 9.47 Å². The molecule has 1 N–H and O–H groups in total. The van der Waals surface area contributed by atoms with E-state index in [9.17, 15) is 0 Å². The van der Waals surface area contributed by atoms with Crippen LogP contribution in [0.4, 0.5) is 5.69 Å². The molecule has 4 heterocycles. The second kappa shape index (κ2) is 10.5. The zero-order valence-corrected chi connectivity index (χ0v) is 20.6. The maximum atomic E-state index is 6.37. The smallest absolute Gasteiger partial charge is 0.141 e. The van der Waals surface area contributed by atoms with Gasteiger partial charge < -0.3 is 24.1 Å². The van der Waals surface area contributed by atoms with Crippen molar-refractivity contribution in [3.63, 3.8) is 0 Å². The molecule has 1 aromatic carbocycles. The van der Waals surface area contributed by atoms with Crippen LogP contribution in [-0.2, 0) is 6.54 Å². The highest BCUT2D eigenvalue weighted by molar-refractivity contribution is 6.32.